The molecule has 0 bridgehead atoms. The number of aromatic amines is 1. The molecule has 8 nitrogen and oxygen atoms in total. The molecular formula is C21H22F4N8. The van der Waals surface area contributed by atoms with Crippen molar-refractivity contribution in [2.45, 2.75) is 37.7 Å². The van der Waals surface area contributed by atoms with Gasteiger partial charge in [0.1, 0.15) is 17.4 Å². The van der Waals surface area contributed by atoms with E-state index in [9.17, 15) is 18.4 Å². The van der Waals surface area contributed by atoms with Gasteiger partial charge in [-0.2, -0.15) is 18.4 Å². The van der Waals surface area contributed by atoms with E-state index < -0.39 is 23.5 Å². The molecule has 4 N–H and O–H groups in total. The van der Waals surface area contributed by atoms with Crippen molar-refractivity contribution >= 4 is 17.0 Å². The smallest absolute Gasteiger partial charge is 0.349 e. The first kappa shape index (κ1) is 22.9. The van der Waals surface area contributed by atoms with Crippen LogP contribution in [0.15, 0.2) is 24.7 Å². The van der Waals surface area contributed by atoms with Gasteiger partial charge in [-0.25, -0.2) is 19.3 Å². The van der Waals surface area contributed by atoms with E-state index in [0.717, 1.165) is 12.3 Å². The molecule has 0 saturated carbocycles. The average Bonchev–Trinajstić information content (AvgIpc) is 3.22. The van der Waals surface area contributed by atoms with Gasteiger partial charge in [0.2, 0.25) is 5.95 Å². The first-order valence-corrected chi connectivity index (χ1v) is 10.3. The van der Waals surface area contributed by atoms with Crippen LogP contribution in [-0.4, -0.2) is 56.3 Å². The van der Waals surface area contributed by atoms with E-state index in [2.05, 4.69) is 25.3 Å². The molecule has 3 aromatic rings. The fraction of sp³-hybridized carbons (Fsp3) is 0.429. The number of nitrogens with one attached hydrogen (secondary N) is 2. The zero-order valence-corrected chi connectivity index (χ0v) is 17.7. The standard InChI is InChI=1S/C21H22F4N8/c1-12(20(22)2-4-33(11-27)5-3-20)31-19-30-8-13(7-26)17(32-19)16-10-29-18-15(16)6-14(9-28-18)21(23,24)25/h6,8-10,12H,2-5,11,27H2,1H3,(H,28,29)(H,30,31,32). The van der Waals surface area contributed by atoms with Crippen LogP contribution in [-0.2, 0) is 6.18 Å². The Morgan fingerprint density at radius 1 is 1.30 bits per heavy atom. The van der Waals surface area contributed by atoms with Crippen LogP contribution in [0.2, 0.25) is 0 Å². The van der Waals surface area contributed by atoms with Gasteiger partial charge in [-0.15, -0.1) is 0 Å². The summed E-state index contributed by atoms with van der Waals surface area (Å²) in [5.74, 6) is 0.0732. The Kier molecular flexibility index (Phi) is 5.94. The number of hydrogen-bond donors (Lipinski definition) is 3. The number of nitriles is 1. The van der Waals surface area contributed by atoms with Crippen LogP contribution >= 0.6 is 0 Å². The fourth-order valence-electron chi connectivity index (χ4n) is 3.96. The number of fused-ring (bicyclic) bond motifs is 1. The van der Waals surface area contributed by atoms with Crippen LogP contribution in [0, 0.1) is 11.3 Å². The molecule has 0 aromatic carbocycles. The van der Waals surface area contributed by atoms with Gasteiger partial charge in [0.25, 0.3) is 0 Å². The van der Waals surface area contributed by atoms with Gasteiger partial charge < -0.3 is 16.0 Å². The van der Waals surface area contributed by atoms with E-state index in [1.807, 2.05) is 11.0 Å². The molecule has 0 radical (unpaired) electrons. The van der Waals surface area contributed by atoms with E-state index in [4.69, 9.17) is 5.73 Å². The highest BCUT2D eigenvalue weighted by atomic mass is 19.4. The molecular weight excluding hydrogens is 440 g/mol. The number of alkyl halides is 4. The van der Waals surface area contributed by atoms with Crippen LogP contribution in [0.1, 0.15) is 30.9 Å². The number of H-pyrrole nitrogens is 1. The highest BCUT2D eigenvalue weighted by Gasteiger charge is 2.40. The normalized spacial score (nSPS) is 17.6. The Labute approximate surface area is 186 Å². The number of rotatable bonds is 5. The molecule has 0 aliphatic carbocycles. The Morgan fingerprint density at radius 3 is 2.67 bits per heavy atom. The molecule has 1 atom stereocenters. The number of aromatic nitrogens is 4. The molecule has 1 aliphatic rings. The third-order valence-electron chi connectivity index (χ3n) is 6.09. The lowest BCUT2D eigenvalue weighted by Gasteiger charge is -2.39. The van der Waals surface area contributed by atoms with Crippen LogP contribution in [0.3, 0.4) is 0 Å². The maximum atomic E-state index is 15.5. The summed E-state index contributed by atoms with van der Waals surface area (Å²) in [5, 5.41) is 12.6. The van der Waals surface area contributed by atoms with E-state index in [0.29, 0.717) is 19.8 Å². The zero-order valence-electron chi connectivity index (χ0n) is 17.7. The van der Waals surface area contributed by atoms with Gasteiger partial charge in [0.05, 0.1) is 29.1 Å². The Bertz CT molecular complexity index is 1190. The minimum Gasteiger partial charge on any atom is -0.349 e. The summed E-state index contributed by atoms with van der Waals surface area (Å²) >= 11 is 0. The van der Waals surface area contributed by atoms with Gasteiger partial charge in [-0.1, -0.05) is 0 Å². The van der Waals surface area contributed by atoms with Crippen LogP contribution in [0.25, 0.3) is 22.3 Å². The second-order valence-corrected chi connectivity index (χ2v) is 8.09. The molecule has 1 unspecified atom stereocenters. The molecule has 33 heavy (non-hydrogen) atoms. The lowest BCUT2D eigenvalue weighted by molar-refractivity contribution is -0.137. The molecule has 4 heterocycles. The van der Waals surface area contributed by atoms with Crippen molar-refractivity contribution in [1.29, 1.82) is 5.26 Å². The van der Waals surface area contributed by atoms with Gasteiger partial charge in [-0.3, -0.25) is 4.90 Å². The average molecular weight is 462 g/mol. The lowest BCUT2D eigenvalue weighted by atomic mass is 9.87. The summed E-state index contributed by atoms with van der Waals surface area (Å²) in [6.45, 7) is 3.12. The first-order valence-electron chi connectivity index (χ1n) is 10.3. The number of nitrogens with two attached hydrogens (primary N) is 1. The first-order chi connectivity index (χ1) is 15.6. The molecule has 1 fully saturated rings. The predicted molar refractivity (Wildman–Crippen MR) is 114 cm³/mol. The van der Waals surface area contributed by atoms with Gasteiger partial charge >= 0.3 is 6.18 Å². The van der Waals surface area contributed by atoms with E-state index in [1.165, 1.54) is 12.4 Å². The minimum absolute atomic E-state index is 0.0673. The fourth-order valence-corrected chi connectivity index (χ4v) is 3.96. The highest BCUT2D eigenvalue weighted by Crippen LogP contribution is 2.35. The topological polar surface area (TPSA) is 120 Å². The maximum absolute atomic E-state index is 15.5. The van der Waals surface area contributed by atoms with Gasteiger partial charge in [0.15, 0.2) is 0 Å². The monoisotopic (exact) mass is 462 g/mol. The van der Waals surface area contributed by atoms with E-state index in [-0.39, 0.29) is 46.6 Å². The van der Waals surface area contributed by atoms with E-state index in [1.54, 1.807) is 6.92 Å². The third kappa shape index (κ3) is 4.46. The van der Waals surface area contributed by atoms with Crippen LogP contribution < -0.4 is 11.1 Å². The molecule has 4 rings (SSSR count). The van der Waals surface area contributed by atoms with Gasteiger partial charge in [0, 0.05) is 43.1 Å². The molecule has 0 amide bonds. The van der Waals surface area contributed by atoms with Crippen LogP contribution in [0.4, 0.5) is 23.5 Å². The van der Waals surface area contributed by atoms with Crippen molar-refractivity contribution in [3.63, 3.8) is 0 Å². The Morgan fingerprint density at radius 2 is 2.03 bits per heavy atom. The van der Waals surface area contributed by atoms with Crippen molar-refractivity contribution in [2.75, 3.05) is 25.1 Å². The number of hydrogen-bond acceptors (Lipinski definition) is 7. The van der Waals surface area contributed by atoms with Gasteiger partial charge in [-0.05, 0) is 25.8 Å². The number of anilines is 1. The van der Waals surface area contributed by atoms with Crippen molar-refractivity contribution in [1.82, 2.24) is 24.8 Å². The number of likely N-dealkylation sites (tertiary alicyclic amines) is 1. The second-order valence-electron chi connectivity index (χ2n) is 8.09. The second kappa shape index (κ2) is 8.57. The quantitative estimate of drug-likeness (QED) is 0.497. The number of halogens is 4. The third-order valence-corrected chi connectivity index (χ3v) is 6.09. The highest BCUT2D eigenvalue weighted by molar-refractivity contribution is 5.94. The summed E-state index contributed by atoms with van der Waals surface area (Å²) in [7, 11) is 0. The largest absolute Gasteiger partial charge is 0.417 e. The SMILES string of the molecule is CC(Nc1ncc(C#N)c(-c2c[nH]c3ncc(C(F)(F)F)cc23)n1)C1(F)CCN(CN)CC1. The van der Waals surface area contributed by atoms with Crippen molar-refractivity contribution in [3.8, 4) is 17.3 Å². The lowest BCUT2D eigenvalue weighted by Crippen LogP contribution is -2.51. The van der Waals surface area contributed by atoms with Crippen molar-refractivity contribution < 1.29 is 17.6 Å². The molecule has 1 aliphatic heterocycles. The molecule has 3 aromatic heterocycles. The number of nitrogens with zero attached hydrogens (tertiary/aromatic N) is 5. The minimum atomic E-state index is -4.57. The summed E-state index contributed by atoms with van der Waals surface area (Å²) in [6.07, 6.45) is -0.562. The maximum Gasteiger partial charge on any atom is 0.417 e. The van der Waals surface area contributed by atoms with Crippen molar-refractivity contribution in [3.05, 3.63) is 35.8 Å². The molecule has 174 valence electrons. The molecule has 12 heteroatoms. The van der Waals surface area contributed by atoms with Crippen LogP contribution in [0.5, 0.6) is 0 Å². The summed E-state index contributed by atoms with van der Waals surface area (Å²) in [4.78, 5) is 17.0. The summed E-state index contributed by atoms with van der Waals surface area (Å²) < 4.78 is 55.0. The van der Waals surface area contributed by atoms with E-state index >= 15 is 4.39 Å². The zero-order chi connectivity index (χ0) is 23.8. The Balaban J connectivity index is 1.67. The number of pyridine rings is 1. The summed E-state index contributed by atoms with van der Waals surface area (Å²) in [6, 6.07) is 2.27. The number of piperidine rings is 1. The predicted octanol–water partition coefficient (Wildman–Crippen LogP) is 3.43. The van der Waals surface area contributed by atoms with Crippen molar-refractivity contribution in [2.24, 2.45) is 5.73 Å². The Hall–Kier alpha value is -3.30. The molecule has 1 saturated heterocycles. The molecule has 0 spiro atoms. The summed E-state index contributed by atoms with van der Waals surface area (Å²) in [5.41, 5.74) is 3.88.